The maximum atomic E-state index is 5.42. The van der Waals surface area contributed by atoms with Crippen molar-refractivity contribution in [2.75, 3.05) is 39.4 Å². The smallest absolute Gasteiger partial charge is 0.191 e. The first-order valence-corrected chi connectivity index (χ1v) is 8.96. The van der Waals surface area contributed by atoms with Crippen LogP contribution in [0.3, 0.4) is 0 Å². The molecular weight excluding hydrogens is 403 g/mol. The van der Waals surface area contributed by atoms with Crippen LogP contribution < -0.4 is 10.6 Å². The van der Waals surface area contributed by atoms with Crippen molar-refractivity contribution in [2.45, 2.75) is 52.6 Å². The lowest BCUT2D eigenvalue weighted by Crippen LogP contribution is -2.47. The molecule has 0 amide bonds. The van der Waals surface area contributed by atoms with E-state index in [2.05, 4.69) is 43.2 Å². The van der Waals surface area contributed by atoms with E-state index in [4.69, 9.17) is 9.73 Å². The molecule has 2 saturated heterocycles. The van der Waals surface area contributed by atoms with Gasteiger partial charge in [-0.05, 0) is 45.4 Å². The maximum Gasteiger partial charge on any atom is 0.191 e. The Labute approximate surface area is 159 Å². The number of nitrogens with zero attached hydrogens (tertiary/aromatic N) is 2. The number of hydrogen-bond donors (Lipinski definition) is 2. The average Bonchev–Trinajstić information content (AvgIpc) is 2.87. The van der Waals surface area contributed by atoms with E-state index in [9.17, 15) is 0 Å². The fourth-order valence-electron chi connectivity index (χ4n) is 3.26. The van der Waals surface area contributed by atoms with E-state index in [-0.39, 0.29) is 24.0 Å². The van der Waals surface area contributed by atoms with E-state index in [1.54, 1.807) is 0 Å². The van der Waals surface area contributed by atoms with Crippen molar-refractivity contribution in [3.8, 4) is 0 Å². The van der Waals surface area contributed by atoms with Crippen molar-refractivity contribution in [2.24, 2.45) is 16.8 Å². The Bertz CT molecular complexity index is 359. The van der Waals surface area contributed by atoms with E-state index in [0.717, 1.165) is 51.6 Å². The van der Waals surface area contributed by atoms with Gasteiger partial charge in [0, 0.05) is 51.5 Å². The molecule has 0 aliphatic carbocycles. The molecule has 0 radical (unpaired) electrons. The highest BCUT2D eigenvalue weighted by atomic mass is 127. The second-order valence-electron chi connectivity index (χ2n) is 7.05. The molecule has 0 bridgehead atoms. The molecule has 0 saturated carbocycles. The molecule has 23 heavy (non-hydrogen) atoms. The Kier molecular flexibility index (Phi) is 9.77. The van der Waals surface area contributed by atoms with Crippen LogP contribution >= 0.6 is 24.0 Å². The van der Waals surface area contributed by atoms with E-state index < -0.39 is 0 Å². The molecule has 2 fully saturated rings. The zero-order valence-electron chi connectivity index (χ0n) is 15.2. The van der Waals surface area contributed by atoms with Gasteiger partial charge in [-0.25, -0.2) is 0 Å². The third kappa shape index (κ3) is 6.74. The van der Waals surface area contributed by atoms with Gasteiger partial charge in [0.1, 0.15) is 0 Å². The van der Waals surface area contributed by atoms with Gasteiger partial charge in [-0.3, -0.25) is 9.89 Å². The fourth-order valence-corrected chi connectivity index (χ4v) is 3.26. The quantitative estimate of drug-likeness (QED) is 0.393. The SMILES string of the molecule is CCNC(=NCC1CCOCC1)NC1CN(C(C)C)CC1C.I. The van der Waals surface area contributed by atoms with Gasteiger partial charge in [-0.15, -0.1) is 24.0 Å². The van der Waals surface area contributed by atoms with E-state index >= 15 is 0 Å². The topological polar surface area (TPSA) is 48.9 Å². The van der Waals surface area contributed by atoms with Crippen LogP contribution in [-0.4, -0.2) is 62.3 Å². The number of ether oxygens (including phenoxy) is 1. The summed E-state index contributed by atoms with van der Waals surface area (Å²) in [6, 6.07) is 1.12. The van der Waals surface area contributed by atoms with Gasteiger partial charge in [-0.2, -0.15) is 0 Å². The van der Waals surface area contributed by atoms with E-state index in [1.165, 1.54) is 6.54 Å². The lowest BCUT2D eigenvalue weighted by Gasteiger charge is -2.23. The van der Waals surface area contributed by atoms with Crippen LogP contribution in [0.4, 0.5) is 0 Å². The minimum absolute atomic E-state index is 0. The molecule has 2 heterocycles. The molecule has 2 aliphatic rings. The number of hydrogen-bond acceptors (Lipinski definition) is 3. The minimum atomic E-state index is 0. The summed E-state index contributed by atoms with van der Waals surface area (Å²) in [5, 5.41) is 7.06. The van der Waals surface area contributed by atoms with Crippen molar-refractivity contribution in [3.63, 3.8) is 0 Å². The number of rotatable bonds is 5. The Hall–Kier alpha value is -0.0800. The van der Waals surface area contributed by atoms with Crippen molar-refractivity contribution < 1.29 is 4.74 Å². The molecule has 0 aromatic heterocycles. The summed E-state index contributed by atoms with van der Waals surface area (Å²) in [4.78, 5) is 7.37. The van der Waals surface area contributed by atoms with Crippen LogP contribution in [-0.2, 0) is 4.74 Å². The van der Waals surface area contributed by atoms with Gasteiger partial charge in [-0.1, -0.05) is 6.92 Å². The van der Waals surface area contributed by atoms with Crippen LogP contribution in [0.5, 0.6) is 0 Å². The van der Waals surface area contributed by atoms with Crippen LogP contribution in [0.25, 0.3) is 0 Å². The maximum absolute atomic E-state index is 5.42. The zero-order chi connectivity index (χ0) is 15.9. The number of guanidine groups is 1. The zero-order valence-corrected chi connectivity index (χ0v) is 17.5. The fraction of sp³-hybridized carbons (Fsp3) is 0.941. The molecule has 0 spiro atoms. The third-order valence-electron chi connectivity index (χ3n) is 4.89. The lowest BCUT2D eigenvalue weighted by atomic mass is 10.0. The number of halogens is 1. The molecule has 2 aliphatic heterocycles. The van der Waals surface area contributed by atoms with E-state index in [0.29, 0.717) is 23.9 Å². The van der Waals surface area contributed by atoms with Gasteiger partial charge in [0.25, 0.3) is 0 Å². The molecule has 2 unspecified atom stereocenters. The van der Waals surface area contributed by atoms with Crippen molar-refractivity contribution in [3.05, 3.63) is 0 Å². The lowest BCUT2D eigenvalue weighted by molar-refractivity contribution is 0.0689. The summed E-state index contributed by atoms with van der Waals surface area (Å²) in [6.45, 7) is 14.9. The van der Waals surface area contributed by atoms with Crippen molar-refractivity contribution in [1.82, 2.24) is 15.5 Å². The predicted octanol–water partition coefficient (Wildman–Crippen LogP) is 2.31. The molecule has 2 rings (SSSR count). The van der Waals surface area contributed by atoms with Gasteiger partial charge in [0.2, 0.25) is 0 Å². The summed E-state index contributed by atoms with van der Waals surface area (Å²) in [5.74, 6) is 2.32. The second kappa shape index (κ2) is 10.7. The number of aliphatic imine (C=N–C) groups is 1. The molecular formula is C17H35IN4O. The van der Waals surface area contributed by atoms with E-state index in [1.807, 2.05) is 0 Å². The van der Waals surface area contributed by atoms with Gasteiger partial charge >= 0.3 is 0 Å². The average molecular weight is 438 g/mol. The molecule has 5 nitrogen and oxygen atoms in total. The first-order chi connectivity index (χ1) is 10.6. The van der Waals surface area contributed by atoms with Crippen molar-refractivity contribution >= 4 is 29.9 Å². The summed E-state index contributed by atoms with van der Waals surface area (Å²) >= 11 is 0. The predicted molar refractivity (Wildman–Crippen MR) is 108 cm³/mol. The summed E-state index contributed by atoms with van der Waals surface area (Å²) in [7, 11) is 0. The van der Waals surface area contributed by atoms with Crippen LogP contribution in [0.15, 0.2) is 4.99 Å². The van der Waals surface area contributed by atoms with Crippen LogP contribution in [0.2, 0.25) is 0 Å². The molecule has 6 heteroatoms. The number of likely N-dealkylation sites (tertiary alicyclic amines) is 1. The number of nitrogens with one attached hydrogen (secondary N) is 2. The van der Waals surface area contributed by atoms with Crippen LogP contribution in [0, 0.1) is 11.8 Å². The van der Waals surface area contributed by atoms with Gasteiger partial charge in [0.05, 0.1) is 0 Å². The molecule has 2 N–H and O–H groups in total. The highest BCUT2D eigenvalue weighted by Gasteiger charge is 2.31. The van der Waals surface area contributed by atoms with Gasteiger partial charge in [0.15, 0.2) is 5.96 Å². The molecule has 136 valence electrons. The Morgan fingerprint density at radius 1 is 1.26 bits per heavy atom. The van der Waals surface area contributed by atoms with Crippen molar-refractivity contribution in [1.29, 1.82) is 0 Å². The normalized spacial score (nSPS) is 27.1. The molecule has 0 aromatic carbocycles. The minimum Gasteiger partial charge on any atom is -0.381 e. The Morgan fingerprint density at radius 3 is 2.52 bits per heavy atom. The monoisotopic (exact) mass is 438 g/mol. The molecule has 2 atom stereocenters. The van der Waals surface area contributed by atoms with Crippen LogP contribution in [0.1, 0.15) is 40.5 Å². The Morgan fingerprint density at radius 2 is 1.96 bits per heavy atom. The first kappa shape index (κ1) is 21.0. The summed E-state index contributed by atoms with van der Waals surface area (Å²) < 4.78 is 5.42. The highest BCUT2D eigenvalue weighted by Crippen LogP contribution is 2.19. The second-order valence-corrected chi connectivity index (χ2v) is 7.05. The highest BCUT2D eigenvalue weighted by molar-refractivity contribution is 14.0. The standard InChI is InChI=1S/C17H34N4O.HI/c1-5-18-17(19-10-15-6-8-22-9-7-15)20-16-12-21(13(2)3)11-14(16)4;/h13-16H,5-12H2,1-4H3,(H2,18,19,20);1H. The largest absolute Gasteiger partial charge is 0.381 e. The summed E-state index contributed by atoms with van der Waals surface area (Å²) in [5.41, 5.74) is 0. The third-order valence-corrected chi connectivity index (χ3v) is 4.89. The molecule has 0 aromatic rings. The van der Waals surface area contributed by atoms with Gasteiger partial charge < -0.3 is 15.4 Å². The first-order valence-electron chi connectivity index (χ1n) is 8.96. The summed E-state index contributed by atoms with van der Waals surface area (Å²) in [6.07, 6.45) is 2.29. The Balaban J connectivity index is 0.00000264.